The van der Waals surface area contributed by atoms with Crippen LogP contribution in [-0.2, 0) is 0 Å². The smallest absolute Gasteiger partial charge is 0.173 e. The van der Waals surface area contributed by atoms with Crippen molar-refractivity contribution in [1.82, 2.24) is 0 Å². The Bertz CT molecular complexity index is 271. The summed E-state index contributed by atoms with van der Waals surface area (Å²) in [6.07, 6.45) is 6.93. The van der Waals surface area contributed by atoms with Crippen molar-refractivity contribution in [2.45, 2.75) is 0 Å². The molecule has 0 aromatic carbocycles. The molecule has 0 nitrogen and oxygen atoms in total. The molecule has 0 aromatic rings. The van der Waals surface area contributed by atoms with Gasteiger partial charge in [-0.3, -0.25) is 0 Å². The standard InChI is InChI=1S/C10H10F2S2/c11-10(12)9(5-1-3-7-13)6-2-4-8-14/h1-8,13-14H/b5-1+,6-2+,7-3+,8-4+. The maximum absolute atomic E-state index is 12.2. The number of halogens is 2. The average Bonchev–Trinajstić information content (AvgIpc) is 2.15. The maximum Gasteiger partial charge on any atom is 0.277 e. The molecule has 0 aliphatic heterocycles. The lowest BCUT2D eigenvalue weighted by molar-refractivity contribution is 0.417. The zero-order chi connectivity index (χ0) is 10.8. The molecule has 0 amide bonds. The van der Waals surface area contributed by atoms with Crippen molar-refractivity contribution >= 4 is 25.3 Å². The van der Waals surface area contributed by atoms with Crippen LogP contribution in [0, 0.1) is 0 Å². The fourth-order valence-electron chi connectivity index (χ4n) is 0.599. The predicted molar refractivity (Wildman–Crippen MR) is 63.8 cm³/mol. The molecule has 0 spiro atoms. The van der Waals surface area contributed by atoms with E-state index in [-0.39, 0.29) is 5.57 Å². The van der Waals surface area contributed by atoms with Crippen molar-refractivity contribution in [3.05, 3.63) is 58.9 Å². The van der Waals surface area contributed by atoms with Gasteiger partial charge in [-0.05, 0) is 23.0 Å². The van der Waals surface area contributed by atoms with E-state index in [2.05, 4.69) is 25.3 Å². The summed E-state index contributed by atoms with van der Waals surface area (Å²) in [5.74, 6) is 0. The molecule has 0 radical (unpaired) electrons. The third-order valence-corrected chi connectivity index (χ3v) is 1.51. The van der Waals surface area contributed by atoms with E-state index in [9.17, 15) is 8.78 Å². The Labute approximate surface area is 93.2 Å². The topological polar surface area (TPSA) is 0 Å². The van der Waals surface area contributed by atoms with Gasteiger partial charge in [0, 0.05) is 5.57 Å². The zero-order valence-electron chi connectivity index (χ0n) is 7.27. The minimum absolute atomic E-state index is 0.136. The summed E-state index contributed by atoms with van der Waals surface area (Å²) in [7, 11) is 0. The van der Waals surface area contributed by atoms with E-state index in [4.69, 9.17) is 0 Å². The van der Waals surface area contributed by atoms with Crippen LogP contribution in [0.5, 0.6) is 0 Å². The van der Waals surface area contributed by atoms with Gasteiger partial charge >= 0.3 is 0 Å². The van der Waals surface area contributed by atoms with E-state index in [1.165, 1.54) is 35.1 Å². The molecule has 0 atom stereocenters. The largest absolute Gasteiger partial charge is 0.277 e. The van der Waals surface area contributed by atoms with Gasteiger partial charge < -0.3 is 0 Å². The summed E-state index contributed by atoms with van der Waals surface area (Å²) in [6, 6.07) is 0. The summed E-state index contributed by atoms with van der Waals surface area (Å²) < 4.78 is 24.5. The van der Waals surface area contributed by atoms with Crippen LogP contribution in [0.25, 0.3) is 0 Å². The Hall–Kier alpha value is -0.740. The first-order valence-corrected chi connectivity index (χ1v) is 4.75. The normalized spacial score (nSPS) is 12.6. The highest BCUT2D eigenvalue weighted by Crippen LogP contribution is 2.11. The summed E-state index contributed by atoms with van der Waals surface area (Å²) in [4.78, 5) is 0. The molecule has 0 unspecified atom stereocenters. The second kappa shape index (κ2) is 8.84. The molecule has 0 fully saturated rings. The van der Waals surface area contributed by atoms with E-state index in [0.29, 0.717) is 0 Å². The molecule has 0 heterocycles. The lowest BCUT2D eigenvalue weighted by atomic mass is 10.2. The van der Waals surface area contributed by atoms with Crippen molar-refractivity contribution in [1.29, 1.82) is 0 Å². The third kappa shape index (κ3) is 6.74. The fraction of sp³-hybridized carbons (Fsp3) is 0. The Kier molecular flexibility index (Phi) is 8.37. The molecule has 0 aliphatic rings. The Morgan fingerprint density at radius 2 is 1.21 bits per heavy atom. The average molecular weight is 232 g/mol. The highest BCUT2D eigenvalue weighted by Gasteiger charge is 1.95. The summed E-state index contributed by atoms with van der Waals surface area (Å²) in [5, 5.41) is 2.92. The Balaban J connectivity index is 4.56. The lowest BCUT2D eigenvalue weighted by Gasteiger charge is -1.89. The van der Waals surface area contributed by atoms with Crippen molar-refractivity contribution in [3.8, 4) is 0 Å². The fourth-order valence-corrected chi connectivity index (χ4v) is 0.798. The van der Waals surface area contributed by atoms with Gasteiger partial charge in [0.25, 0.3) is 6.08 Å². The van der Waals surface area contributed by atoms with Crippen molar-refractivity contribution in [3.63, 3.8) is 0 Å². The van der Waals surface area contributed by atoms with Crippen molar-refractivity contribution in [2.24, 2.45) is 0 Å². The molecule has 76 valence electrons. The summed E-state index contributed by atoms with van der Waals surface area (Å²) in [6.45, 7) is 0. The van der Waals surface area contributed by atoms with E-state index in [0.717, 1.165) is 0 Å². The van der Waals surface area contributed by atoms with E-state index >= 15 is 0 Å². The zero-order valence-corrected chi connectivity index (χ0v) is 9.06. The van der Waals surface area contributed by atoms with Crippen LogP contribution in [0.3, 0.4) is 0 Å². The minimum atomic E-state index is -1.72. The second-order valence-corrected chi connectivity index (χ2v) is 2.71. The molecular weight excluding hydrogens is 222 g/mol. The lowest BCUT2D eigenvalue weighted by Crippen LogP contribution is -1.73. The highest BCUT2D eigenvalue weighted by atomic mass is 32.1. The van der Waals surface area contributed by atoms with Crippen molar-refractivity contribution < 1.29 is 8.78 Å². The first kappa shape index (κ1) is 13.3. The molecule has 0 aromatic heterocycles. The van der Waals surface area contributed by atoms with Gasteiger partial charge in [-0.2, -0.15) is 34.0 Å². The molecular formula is C10H10F2S2. The molecule has 4 heteroatoms. The van der Waals surface area contributed by atoms with Crippen LogP contribution in [0.4, 0.5) is 8.78 Å². The highest BCUT2D eigenvalue weighted by molar-refractivity contribution is 7.83. The number of thiol groups is 2. The number of allylic oxidation sites excluding steroid dienone is 7. The van der Waals surface area contributed by atoms with Crippen LogP contribution in [0.1, 0.15) is 0 Å². The van der Waals surface area contributed by atoms with Crippen LogP contribution in [0.15, 0.2) is 58.9 Å². The molecule has 0 bridgehead atoms. The quantitative estimate of drug-likeness (QED) is 0.528. The molecule has 0 rings (SSSR count). The first-order valence-electron chi connectivity index (χ1n) is 3.72. The molecule has 0 saturated heterocycles. The van der Waals surface area contributed by atoms with Crippen LogP contribution >= 0.6 is 25.3 Å². The minimum Gasteiger partial charge on any atom is -0.173 e. The van der Waals surface area contributed by atoms with Crippen molar-refractivity contribution in [2.75, 3.05) is 0 Å². The monoisotopic (exact) mass is 232 g/mol. The van der Waals surface area contributed by atoms with Crippen LogP contribution in [0.2, 0.25) is 0 Å². The third-order valence-electron chi connectivity index (χ3n) is 1.16. The number of hydrogen-bond acceptors (Lipinski definition) is 2. The van der Waals surface area contributed by atoms with Gasteiger partial charge in [0.1, 0.15) is 0 Å². The van der Waals surface area contributed by atoms with Gasteiger partial charge in [-0.15, -0.1) is 0 Å². The van der Waals surface area contributed by atoms with Gasteiger partial charge in [-0.25, -0.2) is 0 Å². The maximum atomic E-state index is 12.2. The number of rotatable bonds is 4. The number of hydrogen-bond donors (Lipinski definition) is 2. The first-order chi connectivity index (χ1) is 6.72. The van der Waals surface area contributed by atoms with E-state index in [1.807, 2.05) is 0 Å². The Morgan fingerprint density at radius 3 is 1.50 bits per heavy atom. The van der Waals surface area contributed by atoms with Crippen LogP contribution in [-0.4, -0.2) is 0 Å². The van der Waals surface area contributed by atoms with Gasteiger partial charge in [-0.1, -0.05) is 24.3 Å². The summed E-state index contributed by atoms with van der Waals surface area (Å²) in [5.41, 5.74) is -0.136. The summed E-state index contributed by atoms with van der Waals surface area (Å²) >= 11 is 7.57. The molecule has 0 aliphatic carbocycles. The van der Waals surface area contributed by atoms with Gasteiger partial charge in [0.15, 0.2) is 0 Å². The molecule has 14 heavy (non-hydrogen) atoms. The van der Waals surface area contributed by atoms with Crippen LogP contribution < -0.4 is 0 Å². The SMILES string of the molecule is FC(F)=C(/C=C/C=C/S)/C=C/C=C/S. The van der Waals surface area contributed by atoms with E-state index < -0.39 is 6.08 Å². The second-order valence-electron chi connectivity index (χ2n) is 2.12. The molecule has 0 saturated carbocycles. The Morgan fingerprint density at radius 1 is 0.786 bits per heavy atom. The van der Waals surface area contributed by atoms with Gasteiger partial charge in [0.2, 0.25) is 0 Å². The predicted octanol–water partition coefficient (Wildman–Crippen LogP) is 4.14. The van der Waals surface area contributed by atoms with Gasteiger partial charge in [0.05, 0.1) is 0 Å². The van der Waals surface area contributed by atoms with E-state index in [1.54, 1.807) is 12.2 Å². The molecule has 0 N–H and O–H groups in total.